The fraction of sp³-hybridized carbons (Fsp3) is 0.600. The topological polar surface area (TPSA) is 30.5 Å². The standard InChI is InChI=1S/C15H21F2NO2/c1-11(12-7-13(16)9-14(17)8-12)18-4-6-19-10-15-3-2-5-20-15/h7-9,11,15,18H,2-6,10H2,1H3/t11-,15+/m1/s1. The van der Waals surface area contributed by atoms with Crippen molar-refractivity contribution >= 4 is 0 Å². The van der Waals surface area contributed by atoms with Crippen LogP contribution in [0.4, 0.5) is 8.78 Å². The fourth-order valence-corrected chi connectivity index (χ4v) is 2.28. The molecular formula is C15H21F2NO2. The molecule has 2 atom stereocenters. The van der Waals surface area contributed by atoms with Gasteiger partial charge in [0.1, 0.15) is 11.6 Å². The predicted molar refractivity (Wildman–Crippen MR) is 72.6 cm³/mol. The molecule has 1 aromatic carbocycles. The molecule has 1 aliphatic heterocycles. The Balaban J connectivity index is 1.65. The molecule has 1 saturated heterocycles. The minimum absolute atomic E-state index is 0.119. The van der Waals surface area contributed by atoms with E-state index in [1.165, 1.54) is 12.1 Å². The van der Waals surface area contributed by atoms with Crippen molar-refractivity contribution in [3.8, 4) is 0 Å². The van der Waals surface area contributed by atoms with E-state index in [-0.39, 0.29) is 12.1 Å². The SMILES string of the molecule is C[C@@H](NCCOC[C@@H]1CCCO1)c1cc(F)cc(F)c1. The van der Waals surface area contributed by atoms with Gasteiger partial charge >= 0.3 is 0 Å². The van der Waals surface area contributed by atoms with Gasteiger partial charge in [-0.2, -0.15) is 0 Å². The van der Waals surface area contributed by atoms with Crippen molar-refractivity contribution in [3.63, 3.8) is 0 Å². The second-order valence-corrected chi connectivity index (χ2v) is 5.09. The molecule has 1 fully saturated rings. The molecule has 1 N–H and O–H groups in total. The van der Waals surface area contributed by atoms with Crippen molar-refractivity contribution in [2.75, 3.05) is 26.4 Å². The van der Waals surface area contributed by atoms with E-state index >= 15 is 0 Å². The third-order valence-corrected chi connectivity index (χ3v) is 3.41. The van der Waals surface area contributed by atoms with E-state index in [0.29, 0.717) is 25.3 Å². The Morgan fingerprint density at radius 1 is 1.35 bits per heavy atom. The molecule has 0 aliphatic carbocycles. The molecule has 1 aromatic rings. The van der Waals surface area contributed by atoms with Crippen LogP contribution in [0.3, 0.4) is 0 Å². The first kappa shape index (κ1) is 15.4. The van der Waals surface area contributed by atoms with Crippen LogP contribution in [-0.4, -0.2) is 32.5 Å². The van der Waals surface area contributed by atoms with Crippen LogP contribution in [-0.2, 0) is 9.47 Å². The van der Waals surface area contributed by atoms with E-state index in [9.17, 15) is 8.78 Å². The van der Waals surface area contributed by atoms with E-state index in [4.69, 9.17) is 9.47 Å². The van der Waals surface area contributed by atoms with Gasteiger partial charge in [0.15, 0.2) is 0 Å². The zero-order valence-corrected chi connectivity index (χ0v) is 11.7. The first-order valence-electron chi connectivity index (χ1n) is 7.04. The van der Waals surface area contributed by atoms with Crippen LogP contribution < -0.4 is 5.32 Å². The molecule has 112 valence electrons. The highest BCUT2D eigenvalue weighted by Gasteiger charge is 2.15. The van der Waals surface area contributed by atoms with Crippen LogP contribution in [0.2, 0.25) is 0 Å². The van der Waals surface area contributed by atoms with E-state index < -0.39 is 11.6 Å². The van der Waals surface area contributed by atoms with E-state index in [0.717, 1.165) is 25.5 Å². The summed E-state index contributed by atoms with van der Waals surface area (Å²) >= 11 is 0. The fourth-order valence-electron chi connectivity index (χ4n) is 2.28. The maximum absolute atomic E-state index is 13.1. The van der Waals surface area contributed by atoms with Crippen LogP contribution in [0.25, 0.3) is 0 Å². The normalized spacial score (nSPS) is 20.2. The van der Waals surface area contributed by atoms with E-state index in [1.54, 1.807) is 0 Å². The Kier molecular flexibility index (Phi) is 5.88. The number of rotatable bonds is 7. The lowest BCUT2D eigenvalue weighted by molar-refractivity contribution is 0.0179. The molecule has 2 rings (SSSR count). The first-order chi connectivity index (χ1) is 9.65. The lowest BCUT2D eigenvalue weighted by Crippen LogP contribution is -2.25. The Hall–Kier alpha value is -1.04. The largest absolute Gasteiger partial charge is 0.377 e. The minimum Gasteiger partial charge on any atom is -0.377 e. The monoisotopic (exact) mass is 285 g/mol. The van der Waals surface area contributed by atoms with Gasteiger partial charge in [-0.15, -0.1) is 0 Å². The molecule has 0 aromatic heterocycles. The lowest BCUT2D eigenvalue weighted by atomic mass is 10.1. The molecular weight excluding hydrogens is 264 g/mol. The van der Waals surface area contributed by atoms with Gasteiger partial charge in [0.2, 0.25) is 0 Å². The molecule has 0 bridgehead atoms. The molecule has 0 spiro atoms. The Morgan fingerprint density at radius 2 is 2.10 bits per heavy atom. The second-order valence-electron chi connectivity index (χ2n) is 5.09. The van der Waals surface area contributed by atoms with Crippen molar-refractivity contribution in [1.29, 1.82) is 0 Å². The molecule has 0 unspecified atom stereocenters. The number of halogens is 2. The van der Waals surface area contributed by atoms with Gasteiger partial charge in [0, 0.05) is 25.3 Å². The smallest absolute Gasteiger partial charge is 0.126 e. The van der Waals surface area contributed by atoms with Crippen molar-refractivity contribution in [2.45, 2.75) is 31.9 Å². The lowest BCUT2D eigenvalue weighted by Gasteiger charge is -2.15. The Labute approximate surface area is 118 Å². The average Bonchev–Trinajstić information content (AvgIpc) is 2.90. The summed E-state index contributed by atoms with van der Waals surface area (Å²) in [5.74, 6) is -1.11. The number of hydrogen-bond donors (Lipinski definition) is 1. The quantitative estimate of drug-likeness (QED) is 0.781. The highest BCUT2D eigenvalue weighted by molar-refractivity contribution is 5.20. The van der Waals surface area contributed by atoms with Crippen LogP contribution in [0.1, 0.15) is 31.4 Å². The van der Waals surface area contributed by atoms with Gasteiger partial charge in [0.05, 0.1) is 19.3 Å². The first-order valence-corrected chi connectivity index (χ1v) is 7.04. The van der Waals surface area contributed by atoms with Gasteiger partial charge in [-0.25, -0.2) is 8.78 Å². The summed E-state index contributed by atoms with van der Waals surface area (Å²) < 4.78 is 37.2. The minimum atomic E-state index is -0.553. The summed E-state index contributed by atoms with van der Waals surface area (Å²) in [6.07, 6.45) is 2.39. The highest BCUT2D eigenvalue weighted by Crippen LogP contribution is 2.15. The predicted octanol–water partition coefficient (Wildman–Crippen LogP) is 2.81. The summed E-state index contributed by atoms with van der Waals surface area (Å²) in [6, 6.07) is 3.44. The van der Waals surface area contributed by atoms with Crippen molar-refractivity contribution in [3.05, 3.63) is 35.4 Å². The van der Waals surface area contributed by atoms with Crippen molar-refractivity contribution in [2.24, 2.45) is 0 Å². The molecule has 1 aliphatic rings. The maximum Gasteiger partial charge on any atom is 0.126 e. The molecule has 3 nitrogen and oxygen atoms in total. The summed E-state index contributed by atoms with van der Waals surface area (Å²) in [6.45, 7) is 4.50. The third-order valence-electron chi connectivity index (χ3n) is 3.41. The Morgan fingerprint density at radius 3 is 2.75 bits per heavy atom. The zero-order chi connectivity index (χ0) is 14.4. The molecule has 1 heterocycles. The summed E-state index contributed by atoms with van der Waals surface area (Å²) in [5, 5.41) is 3.18. The van der Waals surface area contributed by atoms with Gasteiger partial charge in [0.25, 0.3) is 0 Å². The van der Waals surface area contributed by atoms with E-state index in [1.807, 2.05) is 6.92 Å². The second kappa shape index (κ2) is 7.67. The van der Waals surface area contributed by atoms with Gasteiger partial charge < -0.3 is 14.8 Å². The number of ether oxygens (including phenoxy) is 2. The average molecular weight is 285 g/mol. The van der Waals surface area contributed by atoms with Crippen molar-refractivity contribution in [1.82, 2.24) is 5.32 Å². The summed E-state index contributed by atoms with van der Waals surface area (Å²) in [4.78, 5) is 0. The van der Waals surface area contributed by atoms with Crippen LogP contribution in [0.5, 0.6) is 0 Å². The molecule has 5 heteroatoms. The van der Waals surface area contributed by atoms with Crippen molar-refractivity contribution < 1.29 is 18.3 Å². The summed E-state index contributed by atoms with van der Waals surface area (Å²) in [7, 11) is 0. The van der Waals surface area contributed by atoms with Crippen LogP contribution in [0, 0.1) is 11.6 Å². The number of benzene rings is 1. The molecule has 20 heavy (non-hydrogen) atoms. The number of nitrogens with one attached hydrogen (secondary N) is 1. The Bertz CT molecular complexity index is 402. The van der Waals surface area contributed by atoms with Gasteiger partial charge in [-0.3, -0.25) is 0 Å². The summed E-state index contributed by atoms with van der Waals surface area (Å²) in [5.41, 5.74) is 0.599. The molecule has 0 radical (unpaired) electrons. The molecule has 0 amide bonds. The third kappa shape index (κ3) is 4.81. The number of hydrogen-bond acceptors (Lipinski definition) is 3. The van der Waals surface area contributed by atoms with E-state index in [2.05, 4.69) is 5.32 Å². The molecule has 0 saturated carbocycles. The van der Waals surface area contributed by atoms with Gasteiger partial charge in [-0.05, 0) is 37.5 Å². The highest BCUT2D eigenvalue weighted by atomic mass is 19.1. The zero-order valence-electron chi connectivity index (χ0n) is 11.7. The van der Waals surface area contributed by atoms with Crippen LogP contribution in [0.15, 0.2) is 18.2 Å². The van der Waals surface area contributed by atoms with Crippen LogP contribution >= 0.6 is 0 Å². The van der Waals surface area contributed by atoms with Gasteiger partial charge in [-0.1, -0.05) is 0 Å². The maximum atomic E-state index is 13.1.